The predicted molar refractivity (Wildman–Crippen MR) is 194 cm³/mol. The van der Waals surface area contributed by atoms with E-state index in [1.54, 1.807) is 64.1 Å². The van der Waals surface area contributed by atoms with E-state index in [9.17, 15) is 18.0 Å². The smallest absolute Gasteiger partial charge is 0.352 e. The van der Waals surface area contributed by atoms with Gasteiger partial charge in [-0.2, -0.15) is 0 Å². The van der Waals surface area contributed by atoms with E-state index in [1.165, 1.54) is 6.07 Å². The molecule has 1 aliphatic carbocycles. The van der Waals surface area contributed by atoms with Gasteiger partial charge in [-0.1, -0.05) is 43.6 Å². The Labute approximate surface area is 297 Å². The molecule has 49 heavy (non-hydrogen) atoms. The number of hydrogen-bond acceptors (Lipinski definition) is 10. The highest BCUT2D eigenvalue weighted by atomic mass is 35.5. The number of carbonyl (C=O) groups excluding carboxylic acids is 2. The molecule has 0 bridgehead atoms. The monoisotopic (exact) mass is 736 g/mol. The molecule has 1 unspecified atom stereocenters. The lowest BCUT2D eigenvalue weighted by atomic mass is 9.66. The Morgan fingerprint density at radius 3 is 2.53 bits per heavy atom. The Hall–Kier alpha value is -3.35. The van der Waals surface area contributed by atoms with Crippen LogP contribution < -0.4 is 15.8 Å². The van der Waals surface area contributed by atoms with Gasteiger partial charge in [-0.25, -0.2) is 22.4 Å². The minimum Gasteiger partial charge on any atom is -0.479 e. The van der Waals surface area contributed by atoms with Crippen LogP contribution in [-0.4, -0.2) is 51.0 Å². The molecule has 1 heterocycles. The van der Waals surface area contributed by atoms with E-state index in [-0.39, 0.29) is 56.8 Å². The van der Waals surface area contributed by atoms with Gasteiger partial charge in [-0.05, 0) is 100 Å². The Kier molecular flexibility index (Phi) is 12.3. The van der Waals surface area contributed by atoms with E-state index in [1.807, 2.05) is 0 Å². The van der Waals surface area contributed by atoms with E-state index in [0.29, 0.717) is 34.5 Å². The summed E-state index contributed by atoms with van der Waals surface area (Å²) in [4.78, 5) is 25.7. The molecule has 0 saturated heterocycles. The van der Waals surface area contributed by atoms with Gasteiger partial charge in [0, 0.05) is 11.7 Å². The number of nitrogens with two attached hydrogens (primary N) is 1. The van der Waals surface area contributed by atoms with Crippen LogP contribution in [0.15, 0.2) is 42.5 Å². The van der Waals surface area contributed by atoms with Crippen LogP contribution in [0.25, 0.3) is 10.4 Å². The van der Waals surface area contributed by atoms with Gasteiger partial charge in [0.15, 0.2) is 27.1 Å². The molecule has 0 radical (unpaired) electrons. The van der Waals surface area contributed by atoms with Crippen LogP contribution in [0.4, 0.5) is 15.8 Å². The Bertz CT molecular complexity index is 1770. The maximum Gasteiger partial charge on any atom is 0.352 e. The van der Waals surface area contributed by atoms with Gasteiger partial charge in [0.1, 0.15) is 16.4 Å². The van der Waals surface area contributed by atoms with Crippen molar-refractivity contribution < 1.29 is 36.6 Å². The molecule has 1 aliphatic rings. The molecule has 0 spiro atoms. The molecule has 4 rings (SSSR count). The molecule has 3 N–H and O–H groups in total. The van der Waals surface area contributed by atoms with E-state index in [4.69, 9.17) is 31.5 Å². The van der Waals surface area contributed by atoms with Crippen molar-refractivity contribution in [1.29, 1.82) is 0 Å². The summed E-state index contributed by atoms with van der Waals surface area (Å²) < 4.78 is 57.3. The largest absolute Gasteiger partial charge is 0.479 e. The molecule has 1 aromatic heterocycles. The minimum atomic E-state index is -3.32. The third kappa shape index (κ3) is 10.6. The van der Waals surface area contributed by atoms with Crippen LogP contribution in [0.2, 0.25) is 5.02 Å². The van der Waals surface area contributed by atoms with E-state index in [0.717, 1.165) is 24.2 Å². The summed E-state index contributed by atoms with van der Waals surface area (Å²) in [5, 5.41) is 3.46. The standard InChI is InChI=1S/C36H46ClFN2O7S2/c1-7-45-29(41)20-46-31-30(37)32(48-33(31)34(42)47-35(2,3)4)23-11-14-27(38)28(18-23)40-26-13-12-24(36(5,6)19-26)15-16-49(43,44)21-22-9-8-10-25(39)17-22/h8-11,14,17-18,24,26,40H,7,12-13,15-16,19-21,39H2,1-6H3/t24?,26-/m0/s1. The van der Waals surface area contributed by atoms with Gasteiger partial charge >= 0.3 is 11.9 Å². The summed E-state index contributed by atoms with van der Waals surface area (Å²) in [5.74, 6) is -1.51. The summed E-state index contributed by atoms with van der Waals surface area (Å²) in [6.45, 7) is 10.8. The topological polar surface area (TPSA) is 134 Å². The molecular formula is C36H46ClFN2O7S2. The van der Waals surface area contributed by atoms with Crippen molar-refractivity contribution in [3.8, 4) is 16.2 Å². The summed E-state index contributed by atoms with van der Waals surface area (Å²) in [5.41, 5.74) is 6.88. The normalized spacial score (nSPS) is 17.7. The Morgan fingerprint density at radius 2 is 1.88 bits per heavy atom. The number of anilines is 2. The number of carbonyl (C=O) groups is 2. The van der Waals surface area contributed by atoms with E-state index in [2.05, 4.69) is 19.2 Å². The number of hydrogen-bond donors (Lipinski definition) is 2. The van der Waals surface area contributed by atoms with Crippen molar-refractivity contribution in [2.24, 2.45) is 11.3 Å². The fraction of sp³-hybridized carbons (Fsp3) is 0.500. The van der Waals surface area contributed by atoms with E-state index >= 15 is 4.39 Å². The molecule has 268 valence electrons. The maximum absolute atomic E-state index is 15.2. The first kappa shape index (κ1) is 38.5. The van der Waals surface area contributed by atoms with Crippen LogP contribution in [0, 0.1) is 17.2 Å². The quantitative estimate of drug-likeness (QED) is 0.131. The molecule has 9 nitrogen and oxygen atoms in total. The Morgan fingerprint density at radius 1 is 1.14 bits per heavy atom. The lowest BCUT2D eigenvalue weighted by molar-refractivity contribution is -0.145. The number of thiophene rings is 1. The number of nitrogen functional groups attached to an aromatic ring is 1. The molecule has 2 atom stereocenters. The second-order valence-electron chi connectivity index (χ2n) is 14.1. The molecule has 0 aliphatic heterocycles. The van der Waals surface area contributed by atoms with Crippen LogP contribution >= 0.6 is 22.9 Å². The zero-order chi connectivity index (χ0) is 36.1. The second-order valence-corrected chi connectivity index (χ2v) is 17.7. The SMILES string of the molecule is CCOC(=O)COc1c(C(=O)OC(C)(C)C)sc(-c2ccc(F)c(N[C@H]3CCC(CCS(=O)(=O)Cc4cccc(N)c4)C(C)(C)C3)c2)c1Cl. The van der Waals surface area contributed by atoms with Gasteiger partial charge in [0.25, 0.3) is 0 Å². The number of sulfone groups is 1. The second kappa shape index (κ2) is 15.7. The zero-order valence-corrected chi connectivity index (χ0v) is 31.2. The first-order chi connectivity index (χ1) is 22.9. The van der Waals surface area contributed by atoms with Gasteiger partial charge in [0.2, 0.25) is 0 Å². The highest BCUT2D eigenvalue weighted by Crippen LogP contribution is 2.48. The number of nitrogens with one attached hydrogen (secondary N) is 1. The lowest BCUT2D eigenvalue weighted by Gasteiger charge is -2.43. The fourth-order valence-corrected chi connectivity index (χ4v) is 9.10. The number of halogens is 2. The van der Waals surface area contributed by atoms with E-state index < -0.39 is 39.8 Å². The van der Waals surface area contributed by atoms with Crippen molar-refractivity contribution in [1.82, 2.24) is 0 Å². The summed E-state index contributed by atoms with van der Waals surface area (Å²) in [6.07, 6.45) is 2.79. The molecule has 2 aromatic carbocycles. The fourth-order valence-electron chi connectivity index (χ4n) is 6.19. The molecule has 1 fully saturated rings. The third-order valence-corrected chi connectivity index (χ3v) is 11.8. The number of benzene rings is 2. The van der Waals surface area contributed by atoms with Crippen LogP contribution in [0.1, 0.15) is 82.5 Å². The van der Waals surface area contributed by atoms with Crippen LogP contribution in [0.3, 0.4) is 0 Å². The maximum atomic E-state index is 15.2. The van der Waals surface area contributed by atoms with Crippen molar-refractivity contribution >= 4 is 56.1 Å². The molecule has 13 heteroatoms. The zero-order valence-electron chi connectivity index (χ0n) is 28.9. The van der Waals surface area contributed by atoms with Crippen molar-refractivity contribution in [2.75, 3.05) is 30.0 Å². The first-order valence-corrected chi connectivity index (χ1v) is 19.3. The molecule has 0 amide bonds. The summed E-state index contributed by atoms with van der Waals surface area (Å²) in [7, 11) is -3.32. The number of esters is 2. The number of ether oxygens (including phenoxy) is 3. The van der Waals surface area contributed by atoms with Gasteiger partial charge in [0.05, 0.1) is 28.7 Å². The van der Waals surface area contributed by atoms with Crippen molar-refractivity contribution in [2.45, 2.75) is 84.6 Å². The minimum absolute atomic E-state index is 0.00205. The molecule has 1 saturated carbocycles. The highest BCUT2D eigenvalue weighted by molar-refractivity contribution is 7.90. The van der Waals surface area contributed by atoms with Gasteiger partial charge in [-0.3, -0.25) is 0 Å². The van der Waals surface area contributed by atoms with Crippen LogP contribution in [-0.2, 0) is 29.9 Å². The lowest BCUT2D eigenvalue weighted by Crippen LogP contribution is -2.39. The molecular weight excluding hydrogens is 691 g/mol. The summed E-state index contributed by atoms with van der Waals surface area (Å²) >= 11 is 7.79. The third-order valence-electron chi connectivity index (χ3n) is 8.48. The molecule has 3 aromatic rings. The average Bonchev–Trinajstić information content (AvgIpc) is 3.31. The van der Waals surface area contributed by atoms with Gasteiger partial charge in [-0.15, -0.1) is 11.3 Å². The average molecular weight is 737 g/mol. The predicted octanol–water partition coefficient (Wildman–Crippen LogP) is 8.30. The number of rotatable bonds is 13. The Balaban J connectivity index is 1.48. The first-order valence-electron chi connectivity index (χ1n) is 16.3. The van der Waals surface area contributed by atoms with Crippen molar-refractivity contribution in [3.63, 3.8) is 0 Å². The highest BCUT2D eigenvalue weighted by Gasteiger charge is 2.37. The van der Waals surface area contributed by atoms with Crippen molar-refractivity contribution in [3.05, 3.63) is 63.7 Å². The summed E-state index contributed by atoms with van der Waals surface area (Å²) in [6, 6.07) is 11.4. The van der Waals surface area contributed by atoms with Crippen LogP contribution in [0.5, 0.6) is 5.75 Å². The van der Waals surface area contributed by atoms with Gasteiger partial charge < -0.3 is 25.3 Å².